The lowest BCUT2D eigenvalue weighted by Crippen LogP contribution is -1.97. The number of allylic oxidation sites excluding steroid dienone is 12. The molecule has 0 saturated carbocycles. The first-order chi connectivity index (χ1) is 18.8. The maximum Gasteiger partial charge on any atom is 0.0699 e. The first-order valence-electron chi connectivity index (χ1n) is 13.2. The normalized spacial score (nSPS) is 17.5. The fourth-order valence-corrected chi connectivity index (χ4v) is 6.14. The van der Waals surface area contributed by atoms with E-state index in [0.29, 0.717) is 0 Å². The molecule has 0 spiro atoms. The molecule has 4 nitrogen and oxygen atoms in total. The van der Waals surface area contributed by atoms with Crippen LogP contribution in [-0.2, 0) is 0 Å². The molecule has 5 heterocycles. The maximum atomic E-state index is 5.26. The standard InChI is InChI=1S/C34H26N4/c1-2-8-21(7-1)32-26-15-13-24(35-26)25-14-16-27(36-25)33(22-9-3-4-10-22)29-18-20-31(38-29)34(23-11-5-6-12-23)30-19-17-28(32)37-30/h1-23,35-37H. The third-order valence-corrected chi connectivity index (χ3v) is 7.94. The first-order valence-corrected chi connectivity index (χ1v) is 13.2. The Hall–Kier alpha value is -4.83. The van der Waals surface area contributed by atoms with Gasteiger partial charge >= 0.3 is 0 Å². The quantitative estimate of drug-likeness (QED) is 0.234. The molecule has 4 heteroatoms. The Morgan fingerprint density at radius 2 is 0.711 bits per heavy atom. The second-order valence-corrected chi connectivity index (χ2v) is 10.2. The molecule has 1 aliphatic heterocycles. The van der Waals surface area contributed by atoms with Crippen molar-refractivity contribution in [2.24, 2.45) is 0 Å². The Morgan fingerprint density at radius 1 is 0.395 bits per heavy atom. The van der Waals surface area contributed by atoms with E-state index in [-0.39, 0.29) is 17.8 Å². The highest BCUT2D eigenvalue weighted by Gasteiger charge is 2.21. The summed E-state index contributed by atoms with van der Waals surface area (Å²) in [5, 5.41) is 0. The number of nitrogens with one attached hydrogen (secondary N) is 3. The minimum Gasteiger partial charge on any atom is -0.355 e. The molecular formula is C34H26N4. The molecule has 0 amide bonds. The Bertz CT molecular complexity index is 1910. The van der Waals surface area contributed by atoms with E-state index in [4.69, 9.17) is 4.98 Å². The van der Waals surface area contributed by atoms with Gasteiger partial charge in [0.2, 0.25) is 0 Å². The number of aromatic amines is 3. The molecule has 182 valence electrons. The number of hydrogen-bond donors (Lipinski definition) is 3. The topological polar surface area (TPSA) is 60.3 Å². The van der Waals surface area contributed by atoms with Gasteiger partial charge in [-0.3, -0.25) is 0 Å². The lowest BCUT2D eigenvalue weighted by Gasteiger charge is -2.09. The van der Waals surface area contributed by atoms with Gasteiger partial charge in [0, 0.05) is 56.5 Å². The molecule has 0 saturated heterocycles. The minimum atomic E-state index is 0.165. The van der Waals surface area contributed by atoms with Crippen LogP contribution >= 0.6 is 0 Å². The molecule has 4 aromatic heterocycles. The molecule has 0 fully saturated rings. The summed E-state index contributed by atoms with van der Waals surface area (Å²) >= 11 is 0. The van der Waals surface area contributed by atoms with Gasteiger partial charge in [-0.25, -0.2) is 4.98 Å². The van der Waals surface area contributed by atoms with E-state index in [1.165, 1.54) is 16.7 Å². The predicted octanol–water partition coefficient (Wildman–Crippen LogP) is 8.32. The van der Waals surface area contributed by atoms with Crippen LogP contribution in [0.3, 0.4) is 0 Å². The van der Waals surface area contributed by atoms with Crippen molar-refractivity contribution in [2.45, 2.75) is 17.8 Å². The lowest BCUT2D eigenvalue weighted by atomic mass is 9.98. The zero-order valence-electron chi connectivity index (χ0n) is 20.7. The van der Waals surface area contributed by atoms with Crippen LogP contribution in [0, 0.1) is 0 Å². The largest absolute Gasteiger partial charge is 0.355 e. The molecule has 4 aromatic rings. The first kappa shape index (κ1) is 21.3. The number of aromatic nitrogens is 4. The third kappa shape index (κ3) is 3.34. The van der Waals surface area contributed by atoms with Crippen molar-refractivity contribution < 1.29 is 0 Å². The molecular weight excluding hydrogens is 464 g/mol. The summed E-state index contributed by atoms with van der Waals surface area (Å²) in [4.78, 5) is 16.5. The summed E-state index contributed by atoms with van der Waals surface area (Å²) < 4.78 is 0. The minimum absolute atomic E-state index is 0.165. The Kier molecular flexibility index (Phi) is 4.68. The van der Waals surface area contributed by atoms with Crippen LogP contribution in [0.4, 0.5) is 0 Å². The van der Waals surface area contributed by atoms with Crippen LogP contribution < -0.4 is 0 Å². The zero-order valence-corrected chi connectivity index (χ0v) is 20.7. The molecule has 0 unspecified atom stereocenters. The molecule has 0 atom stereocenters. The number of fused-ring (bicyclic) bond motifs is 9. The van der Waals surface area contributed by atoms with Gasteiger partial charge in [-0.2, -0.15) is 0 Å². The Morgan fingerprint density at radius 3 is 1.13 bits per heavy atom. The van der Waals surface area contributed by atoms with Crippen molar-refractivity contribution in [2.75, 3.05) is 0 Å². The van der Waals surface area contributed by atoms with E-state index in [0.717, 1.165) is 44.5 Å². The van der Waals surface area contributed by atoms with Crippen LogP contribution in [0.1, 0.15) is 45.8 Å². The zero-order chi connectivity index (χ0) is 25.1. The lowest BCUT2D eigenvalue weighted by molar-refractivity contribution is 1.06. The smallest absolute Gasteiger partial charge is 0.0699 e. The van der Waals surface area contributed by atoms with Gasteiger partial charge in [0.05, 0.1) is 22.4 Å². The Labute approximate surface area is 220 Å². The number of hydrogen-bond acceptors (Lipinski definition) is 1. The highest BCUT2D eigenvalue weighted by atomic mass is 14.8. The van der Waals surface area contributed by atoms with Crippen molar-refractivity contribution in [1.29, 1.82) is 0 Å². The fraction of sp³-hybridized carbons (Fsp3) is 0.0882. The average molecular weight is 491 g/mol. The molecule has 3 N–H and O–H groups in total. The van der Waals surface area contributed by atoms with Gasteiger partial charge in [-0.15, -0.1) is 0 Å². The SMILES string of the molecule is C1=CC(c2c3nc(c(C4C=CC=C4)c4ccc([nH]4)c4ccc([nH]4)c(C4C=CC=C4)c4ccc2[nH]4)C=C3)C=C1. The van der Waals surface area contributed by atoms with Crippen LogP contribution in [0.25, 0.3) is 45.3 Å². The summed E-state index contributed by atoms with van der Waals surface area (Å²) in [6, 6.07) is 13.1. The molecule has 0 aromatic carbocycles. The summed E-state index contributed by atoms with van der Waals surface area (Å²) in [6.45, 7) is 0. The average Bonchev–Trinajstić information content (AvgIpc) is 3.76. The summed E-state index contributed by atoms with van der Waals surface area (Å²) in [6.07, 6.45) is 30.5. The summed E-state index contributed by atoms with van der Waals surface area (Å²) in [7, 11) is 0. The Balaban J connectivity index is 1.54. The third-order valence-electron chi connectivity index (χ3n) is 7.94. The predicted molar refractivity (Wildman–Crippen MR) is 158 cm³/mol. The van der Waals surface area contributed by atoms with Gasteiger partial charge in [-0.05, 0) is 48.6 Å². The van der Waals surface area contributed by atoms with E-state index in [1.807, 2.05) is 0 Å². The highest BCUT2D eigenvalue weighted by Crippen LogP contribution is 2.36. The van der Waals surface area contributed by atoms with Crippen molar-refractivity contribution in [3.63, 3.8) is 0 Å². The van der Waals surface area contributed by atoms with Crippen LogP contribution in [0.5, 0.6) is 0 Å². The van der Waals surface area contributed by atoms with E-state index in [1.54, 1.807) is 0 Å². The van der Waals surface area contributed by atoms with E-state index >= 15 is 0 Å². The fourth-order valence-electron chi connectivity index (χ4n) is 6.14. The summed E-state index contributed by atoms with van der Waals surface area (Å²) in [5.74, 6) is 0.535. The van der Waals surface area contributed by atoms with Crippen LogP contribution in [0.2, 0.25) is 0 Å². The van der Waals surface area contributed by atoms with Crippen molar-refractivity contribution >= 4 is 45.3 Å². The van der Waals surface area contributed by atoms with Gasteiger partial charge in [0.1, 0.15) is 0 Å². The van der Waals surface area contributed by atoms with Gasteiger partial charge in [0.15, 0.2) is 0 Å². The van der Waals surface area contributed by atoms with Gasteiger partial charge < -0.3 is 15.0 Å². The number of rotatable bonds is 3. The van der Waals surface area contributed by atoms with E-state index < -0.39 is 0 Å². The molecule has 0 radical (unpaired) electrons. The van der Waals surface area contributed by atoms with Crippen LogP contribution in [-0.4, -0.2) is 19.9 Å². The highest BCUT2D eigenvalue weighted by molar-refractivity contribution is 5.87. The van der Waals surface area contributed by atoms with E-state index in [9.17, 15) is 0 Å². The van der Waals surface area contributed by atoms with E-state index in [2.05, 4.69) is 136 Å². The second-order valence-electron chi connectivity index (χ2n) is 10.2. The van der Waals surface area contributed by atoms with Gasteiger partial charge in [0.25, 0.3) is 0 Å². The second kappa shape index (κ2) is 8.35. The van der Waals surface area contributed by atoms with Crippen molar-refractivity contribution in [3.8, 4) is 0 Å². The molecule has 8 bridgehead atoms. The molecule has 8 rings (SSSR count). The molecule has 38 heavy (non-hydrogen) atoms. The number of H-pyrrole nitrogens is 3. The van der Waals surface area contributed by atoms with Crippen molar-refractivity contribution in [3.05, 3.63) is 137 Å². The maximum absolute atomic E-state index is 5.26. The number of nitrogens with zero attached hydrogens (tertiary/aromatic N) is 1. The van der Waals surface area contributed by atoms with Gasteiger partial charge in [-0.1, -0.05) is 72.9 Å². The van der Waals surface area contributed by atoms with Crippen LogP contribution in [0.15, 0.2) is 109 Å². The molecule has 4 aliphatic rings. The monoisotopic (exact) mass is 490 g/mol. The molecule has 3 aliphatic carbocycles. The van der Waals surface area contributed by atoms with Crippen molar-refractivity contribution in [1.82, 2.24) is 19.9 Å². The summed E-state index contributed by atoms with van der Waals surface area (Å²) in [5.41, 5.74) is 12.2.